The lowest BCUT2D eigenvalue weighted by Gasteiger charge is -2.05. The van der Waals surface area contributed by atoms with E-state index in [1.807, 2.05) is 38.1 Å². The maximum absolute atomic E-state index is 11.5. The minimum absolute atomic E-state index is 0.103. The molecule has 1 amide bonds. The molecule has 2 heteroatoms. The minimum atomic E-state index is 0.103. The highest BCUT2D eigenvalue weighted by Crippen LogP contribution is 2.00. The van der Waals surface area contributed by atoms with E-state index in [4.69, 9.17) is 0 Å². The summed E-state index contributed by atoms with van der Waals surface area (Å²) in [5.74, 6) is 0.103. The molecule has 86 valence electrons. The van der Waals surface area contributed by atoms with Gasteiger partial charge < -0.3 is 5.32 Å². The first-order valence-corrected chi connectivity index (χ1v) is 5.65. The molecule has 0 unspecified atom stereocenters. The first-order chi connectivity index (χ1) is 7.72. The van der Waals surface area contributed by atoms with Gasteiger partial charge in [-0.15, -0.1) is 0 Å². The second-order valence-electron chi connectivity index (χ2n) is 3.90. The van der Waals surface area contributed by atoms with Gasteiger partial charge in [-0.1, -0.05) is 42.0 Å². The summed E-state index contributed by atoms with van der Waals surface area (Å²) in [7, 11) is 0. The van der Waals surface area contributed by atoms with Crippen LogP contribution < -0.4 is 5.32 Å². The quantitative estimate of drug-likeness (QED) is 0.755. The third-order valence-corrected chi connectivity index (χ3v) is 2.51. The molecule has 1 aromatic rings. The molecule has 0 heterocycles. The molecule has 0 atom stereocenters. The summed E-state index contributed by atoms with van der Waals surface area (Å²) in [6.45, 7) is 4.63. The monoisotopic (exact) mass is 217 g/mol. The van der Waals surface area contributed by atoms with E-state index >= 15 is 0 Å². The summed E-state index contributed by atoms with van der Waals surface area (Å²) >= 11 is 0. The van der Waals surface area contributed by atoms with Crippen LogP contribution in [0.15, 0.2) is 42.0 Å². The normalized spacial score (nSPS) is 11.2. The van der Waals surface area contributed by atoms with Crippen molar-refractivity contribution in [3.05, 3.63) is 47.5 Å². The van der Waals surface area contributed by atoms with Crippen LogP contribution in [0.2, 0.25) is 0 Å². The second-order valence-corrected chi connectivity index (χ2v) is 3.90. The zero-order valence-electron chi connectivity index (χ0n) is 9.99. The number of allylic oxidation sites excluding steroid dienone is 1. The van der Waals surface area contributed by atoms with Gasteiger partial charge in [-0.25, -0.2) is 0 Å². The van der Waals surface area contributed by atoms with E-state index in [1.165, 1.54) is 5.56 Å². The van der Waals surface area contributed by atoms with Crippen molar-refractivity contribution in [2.24, 2.45) is 0 Å². The van der Waals surface area contributed by atoms with Crippen molar-refractivity contribution < 1.29 is 4.79 Å². The lowest BCUT2D eigenvalue weighted by molar-refractivity contribution is -0.120. The Morgan fingerprint density at radius 1 is 1.31 bits per heavy atom. The average molecular weight is 217 g/mol. The Labute approximate surface area is 97.4 Å². The van der Waals surface area contributed by atoms with E-state index < -0.39 is 0 Å². The van der Waals surface area contributed by atoms with Gasteiger partial charge >= 0.3 is 0 Å². The van der Waals surface area contributed by atoms with E-state index in [9.17, 15) is 4.79 Å². The highest BCUT2D eigenvalue weighted by Gasteiger charge is 2.00. The van der Waals surface area contributed by atoms with Crippen molar-refractivity contribution >= 4 is 5.91 Å². The Bertz CT molecular complexity index is 354. The van der Waals surface area contributed by atoms with E-state index in [2.05, 4.69) is 17.4 Å². The molecule has 0 aromatic heterocycles. The van der Waals surface area contributed by atoms with E-state index in [0.29, 0.717) is 13.0 Å². The average Bonchev–Trinajstić information content (AvgIpc) is 2.30. The van der Waals surface area contributed by atoms with Crippen LogP contribution >= 0.6 is 0 Å². The van der Waals surface area contributed by atoms with Gasteiger partial charge in [0.1, 0.15) is 0 Å². The molecule has 1 aromatic carbocycles. The number of hydrogen-bond acceptors (Lipinski definition) is 1. The molecule has 0 aliphatic rings. The predicted molar refractivity (Wildman–Crippen MR) is 67.2 cm³/mol. The van der Waals surface area contributed by atoms with Crippen LogP contribution in [-0.2, 0) is 11.2 Å². The third-order valence-electron chi connectivity index (χ3n) is 2.51. The maximum Gasteiger partial charge on any atom is 0.224 e. The summed E-state index contributed by atoms with van der Waals surface area (Å²) in [5.41, 5.74) is 2.36. The zero-order valence-corrected chi connectivity index (χ0v) is 9.99. The third kappa shape index (κ3) is 4.78. The number of nitrogens with one attached hydrogen (secondary N) is 1. The fraction of sp³-hybridized carbons (Fsp3) is 0.357. The van der Waals surface area contributed by atoms with Gasteiger partial charge in [0.25, 0.3) is 0 Å². The molecule has 0 aliphatic heterocycles. The smallest absolute Gasteiger partial charge is 0.224 e. The van der Waals surface area contributed by atoms with Crippen LogP contribution in [0.1, 0.15) is 25.8 Å². The summed E-state index contributed by atoms with van der Waals surface area (Å²) in [5, 5.41) is 2.92. The minimum Gasteiger partial charge on any atom is -0.355 e. The molecule has 2 nitrogen and oxygen atoms in total. The second kappa shape index (κ2) is 6.83. The summed E-state index contributed by atoms with van der Waals surface area (Å²) in [4.78, 5) is 11.5. The van der Waals surface area contributed by atoms with Gasteiger partial charge in [0.05, 0.1) is 0 Å². The maximum atomic E-state index is 11.5. The number of amides is 1. The van der Waals surface area contributed by atoms with Crippen LogP contribution in [0.5, 0.6) is 0 Å². The predicted octanol–water partition coefficient (Wildman–Crippen LogP) is 2.70. The van der Waals surface area contributed by atoms with Crippen LogP contribution in [-0.4, -0.2) is 12.5 Å². The molecule has 0 saturated carbocycles. The topological polar surface area (TPSA) is 29.1 Å². The Morgan fingerprint density at radius 3 is 2.62 bits per heavy atom. The van der Waals surface area contributed by atoms with Crippen LogP contribution in [0, 0.1) is 0 Å². The molecule has 0 aliphatic carbocycles. The van der Waals surface area contributed by atoms with Gasteiger partial charge in [0.15, 0.2) is 0 Å². The largest absolute Gasteiger partial charge is 0.355 e. The van der Waals surface area contributed by atoms with Gasteiger partial charge in [-0.2, -0.15) is 0 Å². The molecule has 16 heavy (non-hydrogen) atoms. The first kappa shape index (κ1) is 12.5. The van der Waals surface area contributed by atoms with Gasteiger partial charge in [-0.3, -0.25) is 4.79 Å². The van der Waals surface area contributed by atoms with Gasteiger partial charge in [-0.05, 0) is 25.8 Å². The molecule has 1 N–H and O–H groups in total. The summed E-state index contributed by atoms with van der Waals surface area (Å²) in [6.07, 6.45) is 3.36. The zero-order chi connectivity index (χ0) is 11.8. The van der Waals surface area contributed by atoms with Gasteiger partial charge in [0.2, 0.25) is 5.91 Å². The highest BCUT2D eigenvalue weighted by molar-refractivity contribution is 5.78. The number of rotatable bonds is 5. The SMILES string of the molecule is CC=C(C)CC(=O)NCCc1ccccc1. The van der Waals surface area contributed by atoms with E-state index in [-0.39, 0.29) is 5.91 Å². The first-order valence-electron chi connectivity index (χ1n) is 5.65. The number of carbonyl (C=O) groups excluding carboxylic acids is 1. The van der Waals surface area contributed by atoms with E-state index in [0.717, 1.165) is 12.0 Å². The lowest BCUT2D eigenvalue weighted by atomic mass is 10.1. The highest BCUT2D eigenvalue weighted by atomic mass is 16.1. The Balaban J connectivity index is 2.23. The summed E-state index contributed by atoms with van der Waals surface area (Å²) in [6, 6.07) is 10.2. The molecular formula is C14H19NO. The van der Waals surface area contributed by atoms with Crippen molar-refractivity contribution in [2.45, 2.75) is 26.7 Å². The number of benzene rings is 1. The Hall–Kier alpha value is -1.57. The van der Waals surface area contributed by atoms with Gasteiger partial charge in [0, 0.05) is 13.0 Å². The van der Waals surface area contributed by atoms with Crippen LogP contribution in [0.25, 0.3) is 0 Å². The van der Waals surface area contributed by atoms with Crippen molar-refractivity contribution in [1.82, 2.24) is 5.32 Å². The standard InChI is InChI=1S/C14H19NO/c1-3-12(2)11-14(16)15-10-9-13-7-5-4-6-8-13/h3-8H,9-11H2,1-2H3,(H,15,16). The molecule has 0 bridgehead atoms. The molecule has 1 rings (SSSR count). The number of hydrogen-bond donors (Lipinski definition) is 1. The van der Waals surface area contributed by atoms with Crippen LogP contribution in [0.3, 0.4) is 0 Å². The fourth-order valence-electron chi connectivity index (χ4n) is 1.41. The molecular weight excluding hydrogens is 198 g/mol. The Kier molecular flexibility index (Phi) is 5.34. The van der Waals surface area contributed by atoms with E-state index in [1.54, 1.807) is 0 Å². The molecule has 0 radical (unpaired) electrons. The molecule has 0 saturated heterocycles. The lowest BCUT2D eigenvalue weighted by Crippen LogP contribution is -2.25. The summed E-state index contributed by atoms with van der Waals surface area (Å²) < 4.78 is 0. The Morgan fingerprint density at radius 2 is 2.00 bits per heavy atom. The number of carbonyl (C=O) groups is 1. The van der Waals surface area contributed by atoms with Crippen molar-refractivity contribution in [3.63, 3.8) is 0 Å². The molecule has 0 fully saturated rings. The van der Waals surface area contributed by atoms with Crippen molar-refractivity contribution in [3.8, 4) is 0 Å². The molecule has 0 spiro atoms. The van der Waals surface area contributed by atoms with Crippen molar-refractivity contribution in [1.29, 1.82) is 0 Å². The van der Waals surface area contributed by atoms with Crippen LogP contribution in [0.4, 0.5) is 0 Å². The van der Waals surface area contributed by atoms with Crippen molar-refractivity contribution in [2.75, 3.05) is 6.54 Å². The fourth-order valence-corrected chi connectivity index (χ4v) is 1.41.